The third-order valence-electron chi connectivity index (χ3n) is 3.63. The lowest BCUT2D eigenvalue weighted by atomic mass is 9.94. The molecule has 1 aromatic carbocycles. The maximum Gasteiger partial charge on any atom is 0.268 e. The van der Waals surface area contributed by atoms with Crippen molar-refractivity contribution in [1.29, 1.82) is 10.5 Å². The largest absolute Gasteiger partial charge is 0.493 e. The SMILES string of the molecule is CCCCOc1ccc(C)cc1-c1c(C#N)c(N)[nH]c(=O)c1C#N. The molecule has 0 fully saturated rings. The second-order valence-corrected chi connectivity index (χ2v) is 5.42. The Bertz CT molecular complexity index is 901. The van der Waals surface area contributed by atoms with Crippen LogP contribution in [0.2, 0.25) is 0 Å². The van der Waals surface area contributed by atoms with Crippen LogP contribution in [0, 0.1) is 29.6 Å². The number of ether oxygens (including phenoxy) is 1. The van der Waals surface area contributed by atoms with Gasteiger partial charge in [0.2, 0.25) is 0 Å². The number of unbranched alkanes of at least 4 members (excludes halogenated alkanes) is 1. The van der Waals surface area contributed by atoms with Crippen molar-refractivity contribution >= 4 is 5.82 Å². The fourth-order valence-electron chi connectivity index (χ4n) is 2.40. The van der Waals surface area contributed by atoms with Crippen molar-refractivity contribution in [2.75, 3.05) is 12.3 Å². The van der Waals surface area contributed by atoms with Crippen LogP contribution in [0.5, 0.6) is 5.75 Å². The van der Waals surface area contributed by atoms with Crippen molar-refractivity contribution in [2.24, 2.45) is 0 Å². The molecule has 0 radical (unpaired) electrons. The van der Waals surface area contributed by atoms with Crippen LogP contribution in [0.25, 0.3) is 11.1 Å². The number of aromatic amines is 1. The number of aromatic nitrogens is 1. The fourth-order valence-corrected chi connectivity index (χ4v) is 2.40. The van der Waals surface area contributed by atoms with E-state index in [4.69, 9.17) is 10.5 Å². The third-order valence-corrected chi connectivity index (χ3v) is 3.63. The Morgan fingerprint density at radius 1 is 1.25 bits per heavy atom. The van der Waals surface area contributed by atoms with Crippen LogP contribution in [-0.4, -0.2) is 11.6 Å². The van der Waals surface area contributed by atoms with Gasteiger partial charge < -0.3 is 15.5 Å². The quantitative estimate of drug-likeness (QED) is 0.821. The highest BCUT2D eigenvalue weighted by Crippen LogP contribution is 2.36. The summed E-state index contributed by atoms with van der Waals surface area (Å²) in [5, 5.41) is 18.8. The predicted molar refractivity (Wildman–Crippen MR) is 91.5 cm³/mol. The minimum Gasteiger partial charge on any atom is -0.493 e. The zero-order valence-corrected chi connectivity index (χ0v) is 13.6. The van der Waals surface area contributed by atoms with Crippen LogP contribution in [0.15, 0.2) is 23.0 Å². The molecule has 0 spiro atoms. The number of benzene rings is 1. The maximum atomic E-state index is 12.1. The number of anilines is 1. The smallest absolute Gasteiger partial charge is 0.268 e. The molecule has 0 aliphatic heterocycles. The first kappa shape index (κ1) is 17.1. The van der Waals surface area contributed by atoms with Crippen LogP contribution in [0.4, 0.5) is 5.82 Å². The number of pyridine rings is 1. The van der Waals surface area contributed by atoms with E-state index in [1.54, 1.807) is 12.1 Å². The van der Waals surface area contributed by atoms with Crippen molar-refractivity contribution in [3.8, 4) is 29.0 Å². The molecule has 0 aliphatic carbocycles. The molecule has 1 aromatic heterocycles. The zero-order chi connectivity index (χ0) is 17.7. The molecule has 0 unspecified atom stereocenters. The van der Waals surface area contributed by atoms with Gasteiger partial charge in [-0.15, -0.1) is 0 Å². The van der Waals surface area contributed by atoms with Gasteiger partial charge in [-0.1, -0.05) is 25.0 Å². The molecule has 0 bridgehead atoms. The van der Waals surface area contributed by atoms with Gasteiger partial charge in [-0.3, -0.25) is 4.79 Å². The normalized spacial score (nSPS) is 10.0. The highest BCUT2D eigenvalue weighted by Gasteiger charge is 2.21. The number of nitrogens with zero attached hydrogens (tertiary/aromatic N) is 2. The molecule has 6 heteroatoms. The van der Waals surface area contributed by atoms with Crippen LogP contribution in [0.1, 0.15) is 36.5 Å². The van der Waals surface area contributed by atoms with Gasteiger partial charge in [-0.2, -0.15) is 10.5 Å². The van der Waals surface area contributed by atoms with Gasteiger partial charge in [0.25, 0.3) is 5.56 Å². The van der Waals surface area contributed by atoms with E-state index in [9.17, 15) is 15.3 Å². The summed E-state index contributed by atoms with van der Waals surface area (Å²) in [5.41, 5.74) is 6.74. The number of nitrogens with one attached hydrogen (secondary N) is 1. The van der Waals surface area contributed by atoms with E-state index in [1.165, 1.54) is 0 Å². The van der Waals surface area contributed by atoms with Gasteiger partial charge in [0.15, 0.2) is 0 Å². The van der Waals surface area contributed by atoms with E-state index < -0.39 is 5.56 Å². The summed E-state index contributed by atoms with van der Waals surface area (Å²) in [6, 6.07) is 9.29. The number of hydrogen-bond acceptors (Lipinski definition) is 5. The van der Waals surface area contributed by atoms with E-state index in [1.807, 2.05) is 25.1 Å². The molecule has 0 aliphatic rings. The van der Waals surface area contributed by atoms with E-state index in [0.717, 1.165) is 18.4 Å². The second-order valence-electron chi connectivity index (χ2n) is 5.42. The number of nitrogens with two attached hydrogens (primary N) is 1. The van der Waals surface area contributed by atoms with Crippen molar-refractivity contribution in [2.45, 2.75) is 26.7 Å². The molecule has 24 heavy (non-hydrogen) atoms. The van der Waals surface area contributed by atoms with Crippen LogP contribution in [-0.2, 0) is 0 Å². The summed E-state index contributed by atoms with van der Waals surface area (Å²) in [5.74, 6) is 0.463. The topological polar surface area (TPSA) is 116 Å². The number of nitriles is 2. The minimum absolute atomic E-state index is 0.0579. The first-order valence-electron chi connectivity index (χ1n) is 7.63. The van der Waals surface area contributed by atoms with E-state index in [-0.39, 0.29) is 22.5 Å². The predicted octanol–water partition coefficient (Wildman–Crippen LogP) is 2.85. The average Bonchev–Trinajstić information content (AvgIpc) is 2.55. The molecule has 0 amide bonds. The summed E-state index contributed by atoms with van der Waals surface area (Å²) >= 11 is 0. The number of H-pyrrole nitrogens is 1. The lowest BCUT2D eigenvalue weighted by molar-refractivity contribution is 0.310. The van der Waals surface area contributed by atoms with Gasteiger partial charge in [-0.05, 0) is 25.5 Å². The van der Waals surface area contributed by atoms with Crippen LogP contribution in [0.3, 0.4) is 0 Å². The van der Waals surface area contributed by atoms with Crippen molar-refractivity contribution < 1.29 is 4.74 Å². The Morgan fingerprint density at radius 2 is 1.96 bits per heavy atom. The maximum absolute atomic E-state index is 12.1. The Hall–Kier alpha value is -3.25. The first-order valence-corrected chi connectivity index (χ1v) is 7.63. The standard InChI is InChI=1S/C18H18N4O2/c1-3-4-7-24-15-6-5-11(2)8-12(15)16-13(9-19)17(21)22-18(23)14(16)10-20/h5-6,8H,3-4,7H2,1-2H3,(H3,21,22,23). The Kier molecular flexibility index (Phi) is 5.23. The van der Waals surface area contributed by atoms with E-state index >= 15 is 0 Å². The first-order chi connectivity index (χ1) is 11.5. The zero-order valence-electron chi connectivity index (χ0n) is 13.6. The molecule has 6 nitrogen and oxygen atoms in total. The van der Waals surface area contributed by atoms with E-state index in [2.05, 4.69) is 11.9 Å². The molecule has 1 heterocycles. The molecule has 3 N–H and O–H groups in total. The third kappa shape index (κ3) is 3.23. The van der Waals surface area contributed by atoms with Gasteiger partial charge in [-0.25, -0.2) is 0 Å². The van der Waals surface area contributed by atoms with Crippen molar-refractivity contribution in [1.82, 2.24) is 4.98 Å². The summed E-state index contributed by atoms with van der Waals surface area (Å²) in [6.45, 7) is 4.45. The van der Waals surface area contributed by atoms with Gasteiger partial charge in [0.05, 0.1) is 6.61 Å². The van der Waals surface area contributed by atoms with Gasteiger partial charge in [0, 0.05) is 11.1 Å². The van der Waals surface area contributed by atoms with Gasteiger partial charge >= 0.3 is 0 Å². The van der Waals surface area contributed by atoms with Crippen molar-refractivity contribution in [3.63, 3.8) is 0 Å². The molecule has 122 valence electrons. The molecule has 2 aromatic rings. The number of rotatable bonds is 5. The Morgan fingerprint density at radius 3 is 2.58 bits per heavy atom. The molecule has 0 saturated heterocycles. The number of hydrogen-bond donors (Lipinski definition) is 2. The molecule has 0 saturated carbocycles. The molecule has 2 rings (SSSR count). The molecular weight excluding hydrogens is 304 g/mol. The van der Waals surface area contributed by atoms with Crippen LogP contribution < -0.4 is 16.0 Å². The van der Waals surface area contributed by atoms with Crippen molar-refractivity contribution in [3.05, 3.63) is 45.2 Å². The fraction of sp³-hybridized carbons (Fsp3) is 0.278. The summed E-state index contributed by atoms with van der Waals surface area (Å²) < 4.78 is 5.79. The van der Waals surface area contributed by atoms with E-state index in [0.29, 0.717) is 17.9 Å². The lowest BCUT2D eigenvalue weighted by Gasteiger charge is -2.15. The summed E-state index contributed by atoms with van der Waals surface area (Å²) in [7, 11) is 0. The number of nitrogen functional groups attached to an aromatic ring is 1. The Labute approximate surface area is 140 Å². The Balaban J connectivity index is 2.77. The molecule has 0 atom stereocenters. The summed E-state index contributed by atoms with van der Waals surface area (Å²) in [4.78, 5) is 14.4. The minimum atomic E-state index is -0.620. The highest BCUT2D eigenvalue weighted by atomic mass is 16.5. The lowest BCUT2D eigenvalue weighted by Crippen LogP contribution is -2.16. The summed E-state index contributed by atoms with van der Waals surface area (Å²) in [6.07, 6.45) is 1.85. The highest BCUT2D eigenvalue weighted by molar-refractivity contribution is 5.83. The molecular formula is C18H18N4O2. The average molecular weight is 322 g/mol. The number of aryl methyl sites for hydroxylation is 1. The van der Waals surface area contributed by atoms with Gasteiger partial charge in [0.1, 0.15) is 34.8 Å². The van der Waals surface area contributed by atoms with Crippen LogP contribution >= 0.6 is 0 Å². The monoisotopic (exact) mass is 322 g/mol. The second kappa shape index (κ2) is 7.34.